The van der Waals surface area contributed by atoms with Crippen LogP contribution in [0.5, 0.6) is 0 Å². The standard InChI is InChI=1S/C13H27N3O/c1-10(2)8-15-9-12-4-6-16(7-5-12)11(3)13(14)17/h10-12,15H,4-9H2,1-3H3,(H2,14,17). The number of nitrogens with one attached hydrogen (secondary N) is 1. The Morgan fingerprint density at radius 3 is 2.41 bits per heavy atom. The number of likely N-dealkylation sites (tertiary alicyclic amines) is 1. The fourth-order valence-electron chi connectivity index (χ4n) is 2.30. The first-order valence-corrected chi connectivity index (χ1v) is 6.74. The third kappa shape index (κ3) is 5.04. The summed E-state index contributed by atoms with van der Waals surface area (Å²) in [6, 6.07) is -0.112. The Bertz CT molecular complexity index is 235. The van der Waals surface area contributed by atoms with Crippen molar-refractivity contribution >= 4 is 5.91 Å². The van der Waals surface area contributed by atoms with Gasteiger partial charge in [0.25, 0.3) is 0 Å². The van der Waals surface area contributed by atoms with Crippen molar-refractivity contribution in [3.63, 3.8) is 0 Å². The predicted octanol–water partition coefficient (Wildman–Crippen LogP) is 0.818. The van der Waals surface area contributed by atoms with E-state index in [-0.39, 0.29) is 11.9 Å². The van der Waals surface area contributed by atoms with E-state index in [4.69, 9.17) is 5.73 Å². The molecule has 1 fully saturated rings. The topological polar surface area (TPSA) is 58.4 Å². The van der Waals surface area contributed by atoms with Crippen LogP contribution in [0.2, 0.25) is 0 Å². The van der Waals surface area contributed by atoms with Gasteiger partial charge < -0.3 is 11.1 Å². The fraction of sp³-hybridized carbons (Fsp3) is 0.923. The van der Waals surface area contributed by atoms with E-state index in [9.17, 15) is 4.79 Å². The van der Waals surface area contributed by atoms with Crippen LogP contribution in [0.25, 0.3) is 0 Å². The van der Waals surface area contributed by atoms with Crippen molar-refractivity contribution in [3.8, 4) is 0 Å². The summed E-state index contributed by atoms with van der Waals surface area (Å²) < 4.78 is 0. The van der Waals surface area contributed by atoms with Crippen molar-refractivity contribution in [2.75, 3.05) is 26.2 Å². The number of piperidine rings is 1. The number of carbonyl (C=O) groups excluding carboxylic acids is 1. The number of hydrogen-bond acceptors (Lipinski definition) is 3. The highest BCUT2D eigenvalue weighted by Crippen LogP contribution is 2.18. The summed E-state index contributed by atoms with van der Waals surface area (Å²) in [5.74, 6) is 1.26. The summed E-state index contributed by atoms with van der Waals surface area (Å²) in [4.78, 5) is 13.3. The molecule has 1 unspecified atom stereocenters. The Morgan fingerprint density at radius 2 is 1.94 bits per heavy atom. The van der Waals surface area contributed by atoms with Gasteiger partial charge in [-0.3, -0.25) is 9.69 Å². The lowest BCUT2D eigenvalue weighted by Gasteiger charge is -2.34. The van der Waals surface area contributed by atoms with Crippen LogP contribution in [0.3, 0.4) is 0 Å². The monoisotopic (exact) mass is 241 g/mol. The van der Waals surface area contributed by atoms with E-state index in [0.29, 0.717) is 5.92 Å². The van der Waals surface area contributed by atoms with E-state index in [2.05, 4.69) is 24.1 Å². The summed E-state index contributed by atoms with van der Waals surface area (Å²) in [5.41, 5.74) is 5.32. The third-order valence-electron chi connectivity index (χ3n) is 3.59. The average molecular weight is 241 g/mol. The van der Waals surface area contributed by atoms with Crippen LogP contribution in [-0.2, 0) is 4.79 Å². The molecule has 0 aromatic heterocycles. The lowest BCUT2D eigenvalue weighted by atomic mass is 9.95. The number of nitrogens with zero attached hydrogens (tertiary/aromatic N) is 1. The van der Waals surface area contributed by atoms with E-state index >= 15 is 0 Å². The van der Waals surface area contributed by atoms with Crippen molar-refractivity contribution in [1.82, 2.24) is 10.2 Å². The van der Waals surface area contributed by atoms with Gasteiger partial charge in [-0.25, -0.2) is 0 Å². The van der Waals surface area contributed by atoms with Crippen molar-refractivity contribution in [2.45, 2.75) is 39.7 Å². The minimum absolute atomic E-state index is 0.112. The van der Waals surface area contributed by atoms with Gasteiger partial charge in [-0.15, -0.1) is 0 Å². The van der Waals surface area contributed by atoms with E-state index < -0.39 is 0 Å². The van der Waals surface area contributed by atoms with Crippen LogP contribution in [-0.4, -0.2) is 43.0 Å². The second-order valence-electron chi connectivity index (χ2n) is 5.61. The fourth-order valence-corrected chi connectivity index (χ4v) is 2.30. The molecule has 0 saturated carbocycles. The molecule has 0 spiro atoms. The second-order valence-corrected chi connectivity index (χ2v) is 5.61. The smallest absolute Gasteiger partial charge is 0.234 e. The molecule has 1 heterocycles. The Labute approximate surface area is 105 Å². The van der Waals surface area contributed by atoms with Crippen molar-refractivity contribution < 1.29 is 4.79 Å². The molecule has 0 aromatic carbocycles. The quantitative estimate of drug-likeness (QED) is 0.724. The van der Waals surface area contributed by atoms with Crippen LogP contribution in [0.4, 0.5) is 0 Å². The summed E-state index contributed by atoms with van der Waals surface area (Å²) in [5, 5.41) is 3.51. The zero-order valence-corrected chi connectivity index (χ0v) is 11.4. The molecule has 4 heteroatoms. The van der Waals surface area contributed by atoms with Crippen LogP contribution in [0.1, 0.15) is 33.6 Å². The predicted molar refractivity (Wildman–Crippen MR) is 70.7 cm³/mol. The minimum Gasteiger partial charge on any atom is -0.368 e. The van der Waals surface area contributed by atoms with E-state index in [1.807, 2.05) is 6.92 Å². The van der Waals surface area contributed by atoms with Crippen LogP contribution < -0.4 is 11.1 Å². The van der Waals surface area contributed by atoms with Gasteiger partial charge in [-0.05, 0) is 57.8 Å². The molecule has 3 N–H and O–H groups in total. The highest BCUT2D eigenvalue weighted by molar-refractivity contribution is 5.79. The highest BCUT2D eigenvalue weighted by Gasteiger charge is 2.24. The maximum Gasteiger partial charge on any atom is 0.234 e. The second kappa shape index (κ2) is 6.97. The molecule has 4 nitrogen and oxygen atoms in total. The molecule has 0 radical (unpaired) electrons. The van der Waals surface area contributed by atoms with Gasteiger partial charge in [0, 0.05) is 0 Å². The van der Waals surface area contributed by atoms with Crippen LogP contribution in [0.15, 0.2) is 0 Å². The molecule has 0 bridgehead atoms. The van der Waals surface area contributed by atoms with E-state index in [0.717, 1.165) is 32.1 Å². The first-order chi connectivity index (χ1) is 8.00. The normalized spacial score (nSPS) is 20.7. The Kier molecular flexibility index (Phi) is 5.92. The summed E-state index contributed by atoms with van der Waals surface area (Å²) in [7, 11) is 0. The molecule has 0 aromatic rings. The largest absolute Gasteiger partial charge is 0.368 e. The van der Waals surface area contributed by atoms with Gasteiger partial charge >= 0.3 is 0 Å². The molecule has 100 valence electrons. The van der Waals surface area contributed by atoms with Crippen LogP contribution >= 0.6 is 0 Å². The van der Waals surface area contributed by atoms with Gasteiger partial charge in [0.05, 0.1) is 6.04 Å². The molecular weight excluding hydrogens is 214 g/mol. The zero-order valence-electron chi connectivity index (χ0n) is 11.4. The van der Waals surface area contributed by atoms with Gasteiger partial charge in [0.2, 0.25) is 5.91 Å². The highest BCUT2D eigenvalue weighted by atomic mass is 16.1. The number of nitrogens with two attached hydrogens (primary N) is 1. The number of hydrogen-bond donors (Lipinski definition) is 2. The molecule has 1 aliphatic rings. The maximum absolute atomic E-state index is 11.1. The zero-order chi connectivity index (χ0) is 12.8. The first kappa shape index (κ1) is 14.5. The Hall–Kier alpha value is -0.610. The summed E-state index contributed by atoms with van der Waals surface area (Å²) >= 11 is 0. The first-order valence-electron chi connectivity index (χ1n) is 6.74. The van der Waals surface area contributed by atoms with Gasteiger partial charge in [-0.2, -0.15) is 0 Å². The lowest BCUT2D eigenvalue weighted by Crippen LogP contribution is -2.47. The average Bonchev–Trinajstić information content (AvgIpc) is 2.28. The Balaban J connectivity index is 2.19. The van der Waals surface area contributed by atoms with Crippen molar-refractivity contribution in [3.05, 3.63) is 0 Å². The van der Waals surface area contributed by atoms with Crippen molar-refractivity contribution in [2.24, 2.45) is 17.6 Å². The molecule has 1 aliphatic heterocycles. The number of rotatable bonds is 6. The van der Waals surface area contributed by atoms with E-state index in [1.54, 1.807) is 0 Å². The number of amides is 1. The summed E-state index contributed by atoms with van der Waals surface area (Å²) in [6.45, 7) is 10.6. The van der Waals surface area contributed by atoms with Gasteiger partial charge in [0.1, 0.15) is 0 Å². The van der Waals surface area contributed by atoms with Gasteiger partial charge in [-0.1, -0.05) is 13.8 Å². The number of carbonyl (C=O) groups is 1. The minimum atomic E-state index is -0.207. The summed E-state index contributed by atoms with van der Waals surface area (Å²) in [6.07, 6.45) is 2.34. The van der Waals surface area contributed by atoms with Crippen molar-refractivity contribution in [1.29, 1.82) is 0 Å². The molecule has 0 aliphatic carbocycles. The molecule has 1 amide bonds. The van der Waals surface area contributed by atoms with Crippen LogP contribution in [0, 0.1) is 11.8 Å². The maximum atomic E-state index is 11.1. The Morgan fingerprint density at radius 1 is 1.35 bits per heavy atom. The molecular formula is C13H27N3O. The number of primary amides is 1. The van der Waals surface area contributed by atoms with E-state index in [1.165, 1.54) is 12.8 Å². The lowest BCUT2D eigenvalue weighted by molar-refractivity contribution is -0.123. The molecule has 17 heavy (non-hydrogen) atoms. The third-order valence-corrected chi connectivity index (χ3v) is 3.59. The van der Waals surface area contributed by atoms with Gasteiger partial charge in [0.15, 0.2) is 0 Å². The molecule has 1 atom stereocenters. The molecule has 1 rings (SSSR count). The molecule has 1 saturated heterocycles. The SMILES string of the molecule is CC(C)CNCC1CCN(C(C)C(N)=O)CC1.